The van der Waals surface area contributed by atoms with Crippen LogP contribution < -0.4 is 10.0 Å². The van der Waals surface area contributed by atoms with E-state index in [1.807, 2.05) is 60.7 Å². The third-order valence-electron chi connectivity index (χ3n) is 4.88. The van der Waals surface area contributed by atoms with Gasteiger partial charge in [0.1, 0.15) is 5.69 Å². The minimum absolute atomic E-state index is 0.0470. The Morgan fingerprint density at radius 2 is 1.61 bits per heavy atom. The second kappa shape index (κ2) is 8.81. The molecular weight excluding hydrogens is 412 g/mol. The molecule has 8 heteroatoms. The molecule has 0 radical (unpaired) electrons. The van der Waals surface area contributed by atoms with Crippen molar-refractivity contribution in [2.75, 3.05) is 18.5 Å². The van der Waals surface area contributed by atoms with Gasteiger partial charge in [-0.15, -0.1) is 10.2 Å². The van der Waals surface area contributed by atoms with Crippen molar-refractivity contribution in [3.63, 3.8) is 0 Å². The average Bonchev–Trinajstić information content (AvgIpc) is 2.79. The molecule has 4 rings (SSSR count). The van der Waals surface area contributed by atoms with Gasteiger partial charge in [-0.25, -0.2) is 13.1 Å². The van der Waals surface area contributed by atoms with Crippen molar-refractivity contribution in [3.8, 4) is 11.3 Å². The number of benzene rings is 3. The summed E-state index contributed by atoms with van der Waals surface area (Å²) < 4.78 is 27.7. The molecule has 0 unspecified atom stereocenters. The average molecular weight is 435 g/mol. The number of aliphatic hydroxyl groups is 1. The Morgan fingerprint density at radius 3 is 2.35 bits per heavy atom. The van der Waals surface area contributed by atoms with E-state index in [-0.39, 0.29) is 18.0 Å². The second-order valence-electron chi connectivity index (χ2n) is 7.04. The molecule has 1 aromatic heterocycles. The maximum absolute atomic E-state index is 12.6. The molecule has 0 aliphatic carbocycles. The van der Waals surface area contributed by atoms with Crippen molar-refractivity contribution in [2.45, 2.75) is 11.8 Å². The van der Waals surface area contributed by atoms with Crippen molar-refractivity contribution in [1.29, 1.82) is 0 Å². The van der Waals surface area contributed by atoms with E-state index in [0.717, 1.165) is 16.5 Å². The molecule has 4 aromatic rings. The Labute approximate surface area is 180 Å². The van der Waals surface area contributed by atoms with Gasteiger partial charge in [-0.2, -0.15) is 0 Å². The summed E-state index contributed by atoms with van der Waals surface area (Å²) >= 11 is 0. The van der Waals surface area contributed by atoms with E-state index < -0.39 is 10.0 Å². The summed E-state index contributed by atoms with van der Waals surface area (Å²) in [6, 6.07) is 22.6. The quantitative estimate of drug-likeness (QED) is 0.410. The van der Waals surface area contributed by atoms with Crippen LogP contribution in [-0.4, -0.2) is 36.9 Å². The summed E-state index contributed by atoms with van der Waals surface area (Å²) in [5.74, 6) is 0.620. The number of hydrogen-bond donors (Lipinski definition) is 3. The Morgan fingerprint density at radius 1 is 0.903 bits per heavy atom. The van der Waals surface area contributed by atoms with Gasteiger partial charge in [-0.05, 0) is 30.7 Å². The monoisotopic (exact) mass is 434 g/mol. The SMILES string of the molecule is Cc1ccc(-c2nnc(Nc3ccccc3)c3ccccc23)cc1S(=O)(=O)NCCO. The normalized spacial score (nSPS) is 11.5. The number of para-hydroxylation sites is 1. The van der Waals surface area contributed by atoms with Crippen molar-refractivity contribution >= 4 is 32.3 Å². The van der Waals surface area contributed by atoms with E-state index in [2.05, 4.69) is 20.2 Å². The minimum atomic E-state index is -3.76. The molecule has 7 nitrogen and oxygen atoms in total. The first-order valence-electron chi connectivity index (χ1n) is 9.78. The standard InChI is InChI=1S/C23H22N4O3S/c1-16-11-12-17(15-21(16)31(29,30)24-13-14-28)22-19-9-5-6-10-20(19)23(27-26-22)25-18-7-3-2-4-8-18/h2-12,15,24,28H,13-14H2,1H3,(H,25,27). The van der Waals surface area contributed by atoms with Gasteiger partial charge in [0.05, 0.1) is 11.5 Å². The van der Waals surface area contributed by atoms with Crippen LogP contribution in [0.3, 0.4) is 0 Å². The fourth-order valence-corrected chi connectivity index (χ4v) is 4.65. The van der Waals surface area contributed by atoms with Crippen LogP contribution in [0.4, 0.5) is 11.5 Å². The summed E-state index contributed by atoms with van der Waals surface area (Å²) in [6.45, 7) is 1.41. The summed E-state index contributed by atoms with van der Waals surface area (Å²) in [5, 5.41) is 22.8. The van der Waals surface area contributed by atoms with Crippen LogP contribution in [0.15, 0.2) is 77.7 Å². The highest BCUT2D eigenvalue weighted by Gasteiger charge is 2.19. The number of nitrogens with one attached hydrogen (secondary N) is 2. The van der Waals surface area contributed by atoms with Crippen molar-refractivity contribution in [2.24, 2.45) is 0 Å². The van der Waals surface area contributed by atoms with Gasteiger partial charge in [-0.3, -0.25) is 0 Å². The zero-order valence-electron chi connectivity index (χ0n) is 16.9. The molecule has 0 spiro atoms. The van der Waals surface area contributed by atoms with Crippen molar-refractivity contribution in [1.82, 2.24) is 14.9 Å². The van der Waals surface area contributed by atoms with Crippen LogP contribution in [0, 0.1) is 6.92 Å². The topological polar surface area (TPSA) is 104 Å². The molecule has 0 saturated heterocycles. The van der Waals surface area contributed by atoms with Gasteiger partial charge in [0.25, 0.3) is 0 Å². The Hall–Kier alpha value is -3.33. The predicted molar refractivity (Wildman–Crippen MR) is 122 cm³/mol. The van der Waals surface area contributed by atoms with Crippen LogP contribution in [0.2, 0.25) is 0 Å². The molecule has 0 fully saturated rings. The van der Waals surface area contributed by atoms with E-state index in [1.165, 1.54) is 0 Å². The van der Waals surface area contributed by atoms with Crippen LogP contribution >= 0.6 is 0 Å². The van der Waals surface area contributed by atoms with Crippen molar-refractivity contribution in [3.05, 3.63) is 78.4 Å². The van der Waals surface area contributed by atoms with E-state index >= 15 is 0 Å². The molecule has 0 aliphatic heterocycles. The highest BCUT2D eigenvalue weighted by molar-refractivity contribution is 7.89. The zero-order valence-corrected chi connectivity index (χ0v) is 17.7. The number of aromatic nitrogens is 2. The Balaban J connectivity index is 1.81. The summed E-state index contributed by atoms with van der Waals surface area (Å²) in [4.78, 5) is 0.149. The fraction of sp³-hybridized carbons (Fsp3) is 0.130. The van der Waals surface area contributed by atoms with Gasteiger partial charge in [-0.1, -0.05) is 54.6 Å². The van der Waals surface area contributed by atoms with Crippen LogP contribution in [0.1, 0.15) is 5.56 Å². The molecule has 0 aliphatic rings. The minimum Gasteiger partial charge on any atom is -0.395 e. The highest BCUT2D eigenvalue weighted by Crippen LogP contribution is 2.32. The lowest BCUT2D eigenvalue weighted by Gasteiger charge is -2.13. The van der Waals surface area contributed by atoms with E-state index in [1.54, 1.807) is 19.1 Å². The van der Waals surface area contributed by atoms with Crippen molar-refractivity contribution < 1.29 is 13.5 Å². The molecule has 0 amide bonds. The lowest BCUT2D eigenvalue weighted by atomic mass is 10.0. The fourth-order valence-electron chi connectivity index (χ4n) is 3.36. The largest absolute Gasteiger partial charge is 0.395 e. The van der Waals surface area contributed by atoms with Crippen LogP contribution in [0.5, 0.6) is 0 Å². The number of aliphatic hydroxyl groups excluding tert-OH is 1. The lowest BCUT2D eigenvalue weighted by Crippen LogP contribution is -2.27. The van der Waals surface area contributed by atoms with Gasteiger partial charge < -0.3 is 10.4 Å². The van der Waals surface area contributed by atoms with Gasteiger partial charge in [0, 0.05) is 28.6 Å². The third kappa shape index (κ3) is 4.41. The molecular formula is C23H22N4O3S. The number of rotatable bonds is 7. The zero-order chi connectivity index (χ0) is 21.8. The highest BCUT2D eigenvalue weighted by atomic mass is 32.2. The van der Waals surface area contributed by atoms with E-state index in [4.69, 9.17) is 5.11 Å². The molecule has 0 saturated carbocycles. The summed E-state index contributed by atoms with van der Waals surface area (Å²) in [7, 11) is -3.76. The molecule has 1 heterocycles. The first-order chi connectivity index (χ1) is 15.0. The first-order valence-corrected chi connectivity index (χ1v) is 11.3. The Bertz CT molecular complexity index is 1330. The maximum atomic E-state index is 12.6. The summed E-state index contributed by atoms with van der Waals surface area (Å²) in [5.41, 5.74) is 2.74. The smallest absolute Gasteiger partial charge is 0.240 e. The van der Waals surface area contributed by atoms with Gasteiger partial charge in [0.2, 0.25) is 10.0 Å². The number of sulfonamides is 1. The number of aryl methyl sites for hydroxylation is 1. The molecule has 0 bridgehead atoms. The molecule has 3 N–H and O–H groups in total. The number of nitrogens with zero attached hydrogens (tertiary/aromatic N) is 2. The number of fused-ring (bicyclic) bond motifs is 1. The Kier molecular flexibility index (Phi) is 5.94. The van der Waals surface area contributed by atoms with Crippen LogP contribution in [-0.2, 0) is 10.0 Å². The third-order valence-corrected chi connectivity index (χ3v) is 6.48. The number of hydrogen-bond acceptors (Lipinski definition) is 6. The lowest BCUT2D eigenvalue weighted by molar-refractivity contribution is 0.301. The summed E-state index contributed by atoms with van der Waals surface area (Å²) in [6.07, 6.45) is 0. The van der Waals surface area contributed by atoms with E-state index in [0.29, 0.717) is 22.6 Å². The van der Waals surface area contributed by atoms with Gasteiger partial charge in [0.15, 0.2) is 5.82 Å². The molecule has 0 atom stereocenters. The maximum Gasteiger partial charge on any atom is 0.240 e. The second-order valence-corrected chi connectivity index (χ2v) is 8.77. The first kappa shape index (κ1) is 20.9. The van der Waals surface area contributed by atoms with Crippen LogP contribution in [0.25, 0.3) is 22.0 Å². The van der Waals surface area contributed by atoms with Gasteiger partial charge >= 0.3 is 0 Å². The number of anilines is 2. The predicted octanol–water partition coefficient (Wildman–Crippen LogP) is 3.62. The molecule has 31 heavy (non-hydrogen) atoms. The molecule has 3 aromatic carbocycles. The van der Waals surface area contributed by atoms with E-state index in [9.17, 15) is 8.42 Å². The molecule has 158 valence electrons.